The maximum atomic E-state index is 12.3. The molecule has 1 aromatic carbocycles. The van der Waals surface area contributed by atoms with Crippen molar-refractivity contribution in [2.75, 3.05) is 13.1 Å². The fraction of sp³-hybridized carbons (Fsp3) is 0.389. The van der Waals surface area contributed by atoms with Crippen LogP contribution >= 0.6 is 0 Å². The van der Waals surface area contributed by atoms with Gasteiger partial charge in [-0.3, -0.25) is 4.79 Å². The minimum Gasteiger partial charge on any atom is -0.448 e. The number of nitrogens with one attached hydrogen (secondary N) is 2. The van der Waals surface area contributed by atoms with Crippen molar-refractivity contribution in [2.24, 2.45) is 5.92 Å². The molecule has 7 nitrogen and oxygen atoms in total. The average Bonchev–Trinajstić information content (AvgIpc) is 3.28. The van der Waals surface area contributed by atoms with E-state index in [-0.39, 0.29) is 17.9 Å². The first kappa shape index (κ1) is 17.0. The van der Waals surface area contributed by atoms with Gasteiger partial charge in [0.1, 0.15) is 11.5 Å². The molecule has 3 amide bonds. The molecule has 1 unspecified atom stereocenters. The van der Waals surface area contributed by atoms with Gasteiger partial charge in [0.2, 0.25) is 5.91 Å². The fourth-order valence-electron chi connectivity index (χ4n) is 2.86. The quantitative estimate of drug-likeness (QED) is 0.868. The molecule has 0 radical (unpaired) electrons. The summed E-state index contributed by atoms with van der Waals surface area (Å²) in [5, 5.41) is 5.76. The number of carbonyl (C=O) groups excluding carboxylic acids is 2. The van der Waals surface area contributed by atoms with E-state index in [4.69, 9.17) is 4.42 Å². The molecule has 0 saturated carbocycles. The highest BCUT2D eigenvalue weighted by molar-refractivity contribution is 5.81. The Morgan fingerprint density at radius 3 is 2.76 bits per heavy atom. The molecule has 1 atom stereocenters. The van der Waals surface area contributed by atoms with E-state index in [1.54, 1.807) is 11.8 Å². The summed E-state index contributed by atoms with van der Waals surface area (Å²) >= 11 is 0. The lowest BCUT2D eigenvalue weighted by Gasteiger charge is -2.17. The predicted molar refractivity (Wildman–Crippen MR) is 91.4 cm³/mol. The molecule has 1 fully saturated rings. The summed E-state index contributed by atoms with van der Waals surface area (Å²) < 4.78 is 5.11. The standard InChI is InChI=1S/C18H22N4O3/c1-13-16(21-12-25-13)10-20-18(24)22-8-7-15(11-22)17(23)19-9-14-5-3-2-4-6-14/h2-6,12,15H,7-11H2,1H3,(H,19,23)(H,20,24). The monoisotopic (exact) mass is 342 g/mol. The van der Waals surface area contributed by atoms with E-state index in [1.807, 2.05) is 30.3 Å². The van der Waals surface area contributed by atoms with Crippen LogP contribution in [-0.4, -0.2) is 34.9 Å². The van der Waals surface area contributed by atoms with Crippen molar-refractivity contribution in [2.45, 2.75) is 26.4 Å². The lowest BCUT2D eigenvalue weighted by Crippen LogP contribution is -2.39. The molecule has 25 heavy (non-hydrogen) atoms. The Balaban J connectivity index is 1.43. The van der Waals surface area contributed by atoms with Crippen molar-refractivity contribution >= 4 is 11.9 Å². The molecule has 1 saturated heterocycles. The Morgan fingerprint density at radius 2 is 2.04 bits per heavy atom. The summed E-state index contributed by atoms with van der Waals surface area (Å²) in [5.74, 6) is 0.523. The number of likely N-dealkylation sites (tertiary alicyclic amines) is 1. The number of carbonyl (C=O) groups is 2. The minimum absolute atomic E-state index is 0.00787. The molecule has 1 aromatic heterocycles. The Kier molecular flexibility index (Phi) is 5.33. The number of amides is 3. The van der Waals surface area contributed by atoms with Gasteiger partial charge in [0.15, 0.2) is 6.39 Å². The van der Waals surface area contributed by atoms with Crippen molar-refractivity contribution in [3.63, 3.8) is 0 Å². The fourth-order valence-corrected chi connectivity index (χ4v) is 2.86. The molecule has 0 spiro atoms. The molecule has 1 aliphatic rings. The van der Waals surface area contributed by atoms with Gasteiger partial charge in [0, 0.05) is 19.6 Å². The Labute approximate surface area is 146 Å². The van der Waals surface area contributed by atoms with Crippen LogP contribution in [0.4, 0.5) is 4.79 Å². The highest BCUT2D eigenvalue weighted by Crippen LogP contribution is 2.17. The number of oxazole rings is 1. The summed E-state index contributed by atoms with van der Waals surface area (Å²) in [6, 6.07) is 9.60. The van der Waals surface area contributed by atoms with Gasteiger partial charge in [-0.25, -0.2) is 9.78 Å². The number of rotatable bonds is 5. The van der Waals surface area contributed by atoms with Gasteiger partial charge >= 0.3 is 6.03 Å². The molecular weight excluding hydrogens is 320 g/mol. The third kappa shape index (κ3) is 4.37. The van der Waals surface area contributed by atoms with E-state index in [0.717, 1.165) is 5.56 Å². The summed E-state index contributed by atoms with van der Waals surface area (Å²) in [5.41, 5.74) is 1.77. The summed E-state index contributed by atoms with van der Waals surface area (Å²) in [4.78, 5) is 30.2. The number of aromatic nitrogens is 1. The minimum atomic E-state index is -0.180. The van der Waals surface area contributed by atoms with E-state index in [9.17, 15) is 9.59 Å². The zero-order valence-corrected chi connectivity index (χ0v) is 14.2. The van der Waals surface area contributed by atoms with E-state index < -0.39 is 0 Å². The van der Waals surface area contributed by atoms with E-state index in [1.165, 1.54) is 6.39 Å². The number of hydrogen-bond donors (Lipinski definition) is 2. The highest BCUT2D eigenvalue weighted by Gasteiger charge is 2.30. The Morgan fingerprint density at radius 1 is 1.24 bits per heavy atom. The first-order valence-electron chi connectivity index (χ1n) is 8.37. The SMILES string of the molecule is Cc1ocnc1CNC(=O)N1CCC(C(=O)NCc2ccccc2)C1. The zero-order valence-electron chi connectivity index (χ0n) is 14.2. The van der Waals surface area contributed by atoms with Crippen LogP contribution < -0.4 is 10.6 Å². The van der Waals surface area contributed by atoms with Crippen LogP contribution in [0.2, 0.25) is 0 Å². The normalized spacial score (nSPS) is 16.7. The van der Waals surface area contributed by atoms with Crippen molar-refractivity contribution in [1.29, 1.82) is 0 Å². The van der Waals surface area contributed by atoms with Crippen LogP contribution in [0.25, 0.3) is 0 Å². The number of urea groups is 1. The van der Waals surface area contributed by atoms with Crippen LogP contribution in [0.15, 0.2) is 41.1 Å². The molecule has 132 valence electrons. The Hall–Kier alpha value is -2.83. The summed E-state index contributed by atoms with van der Waals surface area (Å²) in [6.07, 6.45) is 2.04. The molecule has 0 bridgehead atoms. The molecule has 7 heteroatoms. The van der Waals surface area contributed by atoms with Crippen molar-refractivity contribution in [3.8, 4) is 0 Å². The molecule has 3 rings (SSSR count). The van der Waals surface area contributed by atoms with Crippen LogP contribution in [0.5, 0.6) is 0 Å². The van der Waals surface area contributed by atoms with Gasteiger partial charge in [-0.2, -0.15) is 0 Å². The van der Waals surface area contributed by atoms with Crippen LogP contribution in [-0.2, 0) is 17.9 Å². The molecule has 2 N–H and O–H groups in total. The highest BCUT2D eigenvalue weighted by atomic mass is 16.3. The van der Waals surface area contributed by atoms with Crippen molar-refractivity contribution < 1.29 is 14.0 Å². The van der Waals surface area contributed by atoms with Gasteiger partial charge < -0.3 is 20.0 Å². The molecule has 2 aromatic rings. The topological polar surface area (TPSA) is 87.5 Å². The lowest BCUT2D eigenvalue weighted by molar-refractivity contribution is -0.124. The Bertz CT molecular complexity index is 729. The first-order valence-corrected chi connectivity index (χ1v) is 8.37. The predicted octanol–water partition coefficient (Wildman–Crippen LogP) is 1.83. The number of nitrogens with zero attached hydrogens (tertiary/aromatic N) is 2. The van der Waals surface area contributed by atoms with Crippen LogP contribution in [0.3, 0.4) is 0 Å². The smallest absolute Gasteiger partial charge is 0.317 e. The molecule has 0 aliphatic carbocycles. The van der Waals surface area contributed by atoms with Crippen LogP contribution in [0.1, 0.15) is 23.4 Å². The van der Waals surface area contributed by atoms with E-state index in [0.29, 0.717) is 44.1 Å². The first-order chi connectivity index (χ1) is 12.1. The van der Waals surface area contributed by atoms with Gasteiger partial charge in [-0.15, -0.1) is 0 Å². The number of benzene rings is 1. The largest absolute Gasteiger partial charge is 0.448 e. The van der Waals surface area contributed by atoms with Crippen LogP contribution in [0, 0.1) is 12.8 Å². The van der Waals surface area contributed by atoms with Gasteiger partial charge in [0.25, 0.3) is 0 Å². The number of hydrogen-bond acceptors (Lipinski definition) is 4. The average molecular weight is 342 g/mol. The summed E-state index contributed by atoms with van der Waals surface area (Å²) in [6.45, 7) is 3.64. The maximum Gasteiger partial charge on any atom is 0.317 e. The lowest BCUT2D eigenvalue weighted by atomic mass is 10.1. The van der Waals surface area contributed by atoms with Gasteiger partial charge in [-0.1, -0.05) is 30.3 Å². The van der Waals surface area contributed by atoms with E-state index >= 15 is 0 Å². The second-order valence-electron chi connectivity index (χ2n) is 6.15. The third-order valence-corrected chi connectivity index (χ3v) is 4.41. The van der Waals surface area contributed by atoms with E-state index in [2.05, 4.69) is 15.6 Å². The maximum absolute atomic E-state index is 12.3. The molecule has 1 aliphatic heterocycles. The molecule has 2 heterocycles. The second kappa shape index (κ2) is 7.83. The second-order valence-corrected chi connectivity index (χ2v) is 6.15. The number of aryl methyl sites for hydroxylation is 1. The van der Waals surface area contributed by atoms with Crippen molar-refractivity contribution in [3.05, 3.63) is 53.7 Å². The van der Waals surface area contributed by atoms with Gasteiger partial charge in [0.05, 0.1) is 12.5 Å². The third-order valence-electron chi connectivity index (χ3n) is 4.41. The zero-order chi connectivity index (χ0) is 17.6. The van der Waals surface area contributed by atoms with Crippen molar-refractivity contribution in [1.82, 2.24) is 20.5 Å². The molecular formula is C18H22N4O3. The van der Waals surface area contributed by atoms with Gasteiger partial charge in [-0.05, 0) is 18.9 Å². The summed E-state index contributed by atoms with van der Waals surface area (Å²) in [7, 11) is 0.